The first-order valence-electron chi connectivity index (χ1n) is 7.92. The zero-order chi connectivity index (χ0) is 17.2. The quantitative estimate of drug-likeness (QED) is 0.728. The van der Waals surface area contributed by atoms with Crippen LogP contribution in [0.3, 0.4) is 0 Å². The second-order valence-electron chi connectivity index (χ2n) is 5.21. The molecule has 0 saturated carbocycles. The first-order valence-corrected chi connectivity index (χ1v) is 7.92. The van der Waals surface area contributed by atoms with Gasteiger partial charge in [-0.05, 0) is 36.2 Å². The van der Waals surface area contributed by atoms with Gasteiger partial charge in [0.15, 0.2) is 0 Å². The van der Waals surface area contributed by atoms with Gasteiger partial charge >= 0.3 is 6.03 Å². The van der Waals surface area contributed by atoms with Crippen molar-refractivity contribution >= 4 is 11.7 Å². The van der Waals surface area contributed by atoms with Crippen LogP contribution in [-0.4, -0.2) is 31.3 Å². The maximum absolute atomic E-state index is 12.2. The molecule has 2 aromatic rings. The van der Waals surface area contributed by atoms with E-state index in [1.807, 2.05) is 37.3 Å². The topological polar surface area (TPSA) is 72.5 Å². The number of pyridine rings is 1. The van der Waals surface area contributed by atoms with E-state index in [4.69, 9.17) is 9.47 Å². The third-order valence-corrected chi connectivity index (χ3v) is 3.47. The molecule has 1 aromatic carbocycles. The molecule has 0 fully saturated rings. The van der Waals surface area contributed by atoms with E-state index in [-0.39, 0.29) is 12.1 Å². The van der Waals surface area contributed by atoms with Crippen molar-refractivity contribution in [1.82, 2.24) is 10.3 Å². The van der Waals surface area contributed by atoms with E-state index < -0.39 is 0 Å². The summed E-state index contributed by atoms with van der Waals surface area (Å²) in [5.74, 6) is 0.686. The summed E-state index contributed by atoms with van der Waals surface area (Å²) in [7, 11) is 1.62. The number of carbonyl (C=O) groups is 1. The number of hydrogen-bond acceptors (Lipinski definition) is 4. The molecule has 2 N–H and O–H groups in total. The normalized spacial score (nSPS) is 11.6. The number of urea groups is 1. The van der Waals surface area contributed by atoms with Gasteiger partial charge in [-0.1, -0.05) is 13.0 Å². The van der Waals surface area contributed by atoms with Crippen molar-refractivity contribution in [2.24, 2.45) is 0 Å². The van der Waals surface area contributed by atoms with Gasteiger partial charge in [-0.3, -0.25) is 4.98 Å². The summed E-state index contributed by atoms with van der Waals surface area (Å²) in [6.45, 7) is 3.00. The van der Waals surface area contributed by atoms with E-state index >= 15 is 0 Å². The molecule has 24 heavy (non-hydrogen) atoms. The predicted octanol–water partition coefficient (Wildman–Crippen LogP) is 3.38. The van der Waals surface area contributed by atoms with Crippen LogP contribution in [0.1, 0.15) is 24.9 Å². The second-order valence-corrected chi connectivity index (χ2v) is 5.21. The predicted molar refractivity (Wildman–Crippen MR) is 93.2 cm³/mol. The lowest BCUT2D eigenvalue weighted by molar-refractivity contribution is 0.146. The smallest absolute Gasteiger partial charge is 0.319 e. The molecule has 0 bridgehead atoms. The third-order valence-electron chi connectivity index (χ3n) is 3.47. The van der Waals surface area contributed by atoms with Gasteiger partial charge in [0.25, 0.3) is 0 Å². The van der Waals surface area contributed by atoms with Crippen LogP contribution in [0.2, 0.25) is 0 Å². The molecule has 0 spiro atoms. The Balaban J connectivity index is 1.92. The summed E-state index contributed by atoms with van der Waals surface area (Å²) in [5.41, 5.74) is 1.70. The maximum Gasteiger partial charge on any atom is 0.319 e. The Bertz CT molecular complexity index is 634. The largest absolute Gasteiger partial charge is 0.491 e. The highest BCUT2D eigenvalue weighted by atomic mass is 16.5. The van der Waals surface area contributed by atoms with Crippen LogP contribution in [0.5, 0.6) is 5.75 Å². The Morgan fingerprint density at radius 3 is 2.71 bits per heavy atom. The van der Waals surface area contributed by atoms with Crippen molar-refractivity contribution in [2.45, 2.75) is 19.4 Å². The fraction of sp³-hybridized carbons (Fsp3) is 0.333. The summed E-state index contributed by atoms with van der Waals surface area (Å²) >= 11 is 0. The van der Waals surface area contributed by atoms with Gasteiger partial charge in [-0.25, -0.2) is 4.79 Å². The Morgan fingerprint density at radius 1 is 1.21 bits per heavy atom. The number of carbonyl (C=O) groups excluding carboxylic acids is 1. The van der Waals surface area contributed by atoms with Crippen molar-refractivity contribution in [3.8, 4) is 5.75 Å². The van der Waals surface area contributed by atoms with Gasteiger partial charge in [0, 0.05) is 31.3 Å². The highest BCUT2D eigenvalue weighted by Gasteiger charge is 2.12. The van der Waals surface area contributed by atoms with Gasteiger partial charge < -0.3 is 20.1 Å². The van der Waals surface area contributed by atoms with Crippen molar-refractivity contribution in [2.75, 3.05) is 25.6 Å². The van der Waals surface area contributed by atoms with E-state index in [0.29, 0.717) is 24.7 Å². The number of nitrogens with zero attached hydrogens (tertiary/aromatic N) is 1. The minimum atomic E-state index is -0.257. The molecule has 0 radical (unpaired) electrons. The fourth-order valence-electron chi connectivity index (χ4n) is 2.25. The SMILES string of the molecule is CC[C@@H](NC(=O)Nc1cccc(OCCOC)c1)c1ccncc1. The lowest BCUT2D eigenvalue weighted by atomic mass is 10.1. The van der Waals surface area contributed by atoms with Crippen LogP contribution in [-0.2, 0) is 4.74 Å². The van der Waals surface area contributed by atoms with Crippen LogP contribution in [0.4, 0.5) is 10.5 Å². The van der Waals surface area contributed by atoms with Gasteiger partial charge in [-0.2, -0.15) is 0 Å². The van der Waals surface area contributed by atoms with Gasteiger partial charge in [0.1, 0.15) is 12.4 Å². The second kappa shape index (κ2) is 9.52. The number of benzene rings is 1. The zero-order valence-electron chi connectivity index (χ0n) is 14.0. The lowest BCUT2D eigenvalue weighted by Crippen LogP contribution is -2.32. The number of ether oxygens (including phenoxy) is 2. The van der Waals surface area contributed by atoms with Crippen molar-refractivity contribution < 1.29 is 14.3 Å². The van der Waals surface area contributed by atoms with Crippen LogP contribution in [0, 0.1) is 0 Å². The van der Waals surface area contributed by atoms with Crippen molar-refractivity contribution in [3.63, 3.8) is 0 Å². The fourth-order valence-corrected chi connectivity index (χ4v) is 2.25. The molecule has 0 aliphatic heterocycles. The van der Waals surface area contributed by atoms with Crippen molar-refractivity contribution in [3.05, 3.63) is 54.4 Å². The molecule has 1 atom stereocenters. The van der Waals surface area contributed by atoms with Gasteiger partial charge in [-0.15, -0.1) is 0 Å². The van der Waals surface area contributed by atoms with E-state index in [0.717, 1.165) is 12.0 Å². The molecule has 128 valence electrons. The molecule has 0 aliphatic carbocycles. The highest BCUT2D eigenvalue weighted by Crippen LogP contribution is 2.19. The molecule has 1 heterocycles. The molecular formula is C18H23N3O3. The Morgan fingerprint density at radius 2 is 2.00 bits per heavy atom. The molecule has 0 aliphatic rings. The average Bonchev–Trinajstić information content (AvgIpc) is 2.61. The summed E-state index contributed by atoms with van der Waals surface area (Å²) < 4.78 is 10.5. The number of hydrogen-bond donors (Lipinski definition) is 2. The van der Waals surface area contributed by atoms with E-state index in [2.05, 4.69) is 15.6 Å². The number of nitrogens with one attached hydrogen (secondary N) is 2. The zero-order valence-corrected chi connectivity index (χ0v) is 14.0. The van der Waals surface area contributed by atoms with Crippen molar-refractivity contribution in [1.29, 1.82) is 0 Å². The van der Waals surface area contributed by atoms with Gasteiger partial charge in [0.05, 0.1) is 12.6 Å². The van der Waals surface area contributed by atoms with E-state index in [1.165, 1.54) is 0 Å². The highest BCUT2D eigenvalue weighted by molar-refractivity contribution is 5.89. The van der Waals surface area contributed by atoms with E-state index in [1.54, 1.807) is 25.6 Å². The third kappa shape index (κ3) is 5.55. The molecule has 1 aromatic heterocycles. The Hall–Kier alpha value is -2.60. The molecule has 2 amide bonds. The van der Waals surface area contributed by atoms with Crippen LogP contribution in [0.15, 0.2) is 48.8 Å². The maximum atomic E-state index is 12.2. The number of methoxy groups -OCH3 is 1. The van der Waals surface area contributed by atoms with Gasteiger partial charge in [0.2, 0.25) is 0 Å². The minimum absolute atomic E-state index is 0.0610. The average molecular weight is 329 g/mol. The number of anilines is 1. The van der Waals surface area contributed by atoms with Crippen LogP contribution < -0.4 is 15.4 Å². The van der Waals surface area contributed by atoms with Crippen LogP contribution in [0.25, 0.3) is 0 Å². The molecule has 2 rings (SSSR count). The molecule has 0 saturated heterocycles. The van der Waals surface area contributed by atoms with E-state index in [9.17, 15) is 4.79 Å². The summed E-state index contributed by atoms with van der Waals surface area (Å²) in [6, 6.07) is 10.8. The summed E-state index contributed by atoms with van der Waals surface area (Å²) in [6.07, 6.45) is 4.23. The minimum Gasteiger partial charge on any atom is -0.491 e. The Labute approximate surface area is 142 Å². The summed E-state index contributed by atoms with van der Waals surface area (Å²) in [5, 5.41) is 5.79. The molecule has 6 heteroatoms. The standard InChI is InChI=1S/C18H23N3O3/c1-3-17(14-7-9-19-10-8-14)21-18(22)20-15-5-4-6-16(13-15)24-12-11-23-2/h4-10,13,17H,3,11-12H2,1-2H3,(H2,20,21,22)/t17-/m1/s1. The number of rotatable bonds is 8. The monoisotopic (exact) mass is 329 g/mol. The Kier molecular flexibility index (Phi) is 7.04. The first kappa shape index (κ1) is 17.7. The molecular weight excluding hydrogens is 306 g/mol. The van der Waals surface area contributed by atoms with Crippen LogP contribution >= 0.6 is 0 Å². The lowest BCUT2D eigenvalue weighted by Gasteiger charge is -2.18. The number of aromatic nitrogens is 1. The molecule has 0 unspecified atom stereocenters. The number of amides is 2. The molecule has 6 nitrogen and oxygen atoms in total. The first-order chi connectivity index (χ1) is 11.7. The summed E-state index contributed by atoms with van der Waals surface area (Å²) in [4.78, 5) is 16.2.